The minimum absolute atomic E-state index is 0.125. The van der Waals surface area contributed by atoms with Gasteiger partial charge in [0.05, 0.1) is 13.0 Å². The fourth-order valence-corrected chi connectivity index (χ4v) is 1.46. The fourth-order valence-electron chi connectivity index (χ4n) is 1.46. The molecular formula is C13H17F3N2O2. The van der Waals surface area contributed by atoms with Crippen molar-refractivity contribution in [3.63, 3.8) is 0 Å². The molecule has 0 heterocycles. The Balaban J connectivity index is 2.12. The second-order valence-corrected chi connectivity index (χ2v) is 4.25. The highest BCUT2D eigenvalue weighted by molar-refractivity contribution is 5.91. The van der Waals surface area contributed by atoms with Crippen LogP contribution in [0.1, 0.15) is 19.3 Å². The van der Waals surface area contributed by atoms with E-state index in [1.807, 2.05) is 0 Å². The van der Waals surface area contributed by atoms with Gasteiger partial charge in [0, 0.05) is 24.4 Å². The number of hydrogen-bond donors (Lipinski definition) is 2. The molecule has 0 atom stereocenters. The van der Waals surface area contributed by atoms with Crippen molar-refractivity contribution in [2.45, 2.75) is 25.4 Å². The van der Waals surface area contributed by atoms with Crippen LogP contribution in [0.5, 0.6) is 0 Å². The third-order valence-corrected chi connectivity index (χ3v) is 2.39. The maximum atomic E-state index is 11.8. The smallest absolute Gasteiger partial charge is 0.391 e. The molecular weight excluding hydrogens is 273 g/mol. The quantitative estimate of drug-likeness (QED) is 0.599. The van der Waals surface area contributed by atoms with Gasteiger partial charge in [-0.05, 0) is 24.6 Å². The first-order valence-electron chi connectivity index (χ1n) is 6.17. The van der Waals surface area contributed by atoms with Gasteiger partial charge in [0.1, 0.15) is 0 Å². The fraction of sp³-hybridized carbons (Fsp3) is 0.462. The van der Waals surface area contributed by atoms with Gasteiger partial charge < -0.3 is 15.8 Å². The number of carbonyl (C=O) groups excluding carboxylic acids is 1. The van der Waals surface area contributed by atoms with Crippen LogP contribution in [0.4, 0.5) is 24.5 Å². The molecule has 0 fully saturated rings. The van der Waals surface area contributed by atoms with Gasteiger partial charge in [0.2, 0.25) is 5.91 Å². The van der Waals surface area contributed by atoms with Crippen LogP contribution in [0, 0.1) is 0 Å². The van der Waals surface area contributed by atoms with Gasteiger partial charge in [0.15, 0.2) is 0 Å². The number of nitrogen functional groups attached to an aromatic ring is 1. The monoisotopic (exact) mass is 290 g/mol. The molecule has 4 nitrogen and oxygen atoms in total. The summed E-state index contributed by atoms with van der Waals surface area (Å²) >= 11 is 0. The molecule has 0 saturated heterocycles. The summed E-state index contributed by atoms with van der Waals surface area (Å²) in [4.78, 5) is 11.5. The highest BCUT2D eigenvalue weighted by Crippen LogP contribution is 2.19. The molecule has 0 bridgehead atoms. The number of benzene rings is 1. The van der Waals surface area contributed by atoms with E-state index in [-0.39, 0.29) is 25.5 Å². The number of anilines is 2. The Morgan fingerprint density at radius 3 is 2.70 bits per heavy atom. The Bertz CT molecular complexity index is 436. The number of carbonyl (C=O) groups is 1. The first kappa shape index (κ1) is 16.3. The van der Waals surface area contributed by atoms with Crippen molar-refractivity contribution in [1.29, 1.82) is 0 Å². The topological polar surface area (TPSA) is 64.3 Å². The predicted octanol–water partition coefficient (Wildman–Crippen LogP) is 2.96. The molecule has 1 amide bonds. The molecule has 112 valence electrons. The van der Waals surface area contributed by atoms with E-state index in [4.69, 9.17) is 10.5 Å². The van der Waals surface area contributed by atoms with E-state index in [2.05, 4.69) is 5.32 Å². The zero-order valence-electron chi connectivity index (χ0n) is 10.9. The molecule has 0 radical (unpaired) electrons. The zero-order chi connectivity index (χ0) is 15.0. The lowest BCUT2D eigenvalue weighted by Crippen LogP contribution is -2.14. The van der Waals surface area contributed by atoms with Crippen molar-refractivity contribution in [2.75, 3.05) is 24.3 Å². The maximum absolute atomic E-state index is 11.8. The summed E-state index contributed by atoms with van der Waals surface area (Å²) in [6.07, 6.45) is -4.63. The Kier molecular flexibility index (Phi) is 6.30. The van der Waals surface area contributed by atoms with Crippen molar-refractivity contribution in [2.24, 2.45) is 0 Å². The van der Waals surface area contributed by atoms with Crippen molar-refractivity contribution < 1.29 is 22.7 Å². The van der Waals surface area contributed by atoms with Gasteiger partial charge in [-0.25, -0.2) is 0 Å². The van der Waals surface area contributed by atoms with Gasteiger partial charge in [-0.15, -0.1) is 0 Å². The average Bonchev–Trinajstić information content (AvgIpc) is 2.32. The Morgan fingerprint density at radius 2 is 2.05 bits per heavy atom. The van der Waals surface area contributed by atoms with Crippen molar-refractivity contribution in [1.82, 2.24) is 0 Å². The summed E-state index contributed by atoms with van der Waals surface area (Å²) in [5.41, 5.74) is 6.69. The summed E-state index contributed by atoms with van der Waals surface area (Å²) in [6, 6.07) is 6.74. The van der Waals surface area contributed by atoms with Crippen LogP contribution in [-0.4, -0.2) is 25.3 Å². The number of ether oxygens (including phenoxy) is 1. The second kappa shape index (κ2) is 7.74. The van der Waals surface area contributed by atoms with E-state index >= 15 is 0 Å². The molecule has 0 unspecified atom stereocenters. The number of hydrogen-bond acceptors (Lipinski definition) is 3. The number of halogens is 3. The predicted molar refractivity (Wildman–Crippen MR) is 70.2 cm³/mol. The Labute approximate surface area is 115 Å². The van der Waals surface area contributed by atoms with E-state index in [0.717, 1.165) is 0 Å². The zero-order valence-corrected chi connectivity index (χ0v) is 10.9. The highest BCUT2D eigenvalue weighted by Gasteiger charge is 2.26. The average molecular weight is 290 g/mol. The van der Waals surface area contributed by atoms with E-state index in [0.29, 0.717) is 17.8 Å². The van der Waals surface area contributed by atoms with E-state index in [1.165, 1.54) is 0 Å². The maximum Gasteiger partial charge on any atom is 0.391 e. The van der Waals surface area contributed by atoms with Crippen LogP contribution in [0.3, 0.4) is 0 Å². The molecule has 1 aromatic rings. The van der Waals surface area contributed by atoms with Gasteiger partial charge in [-0.2, -0.15) is 13.2 Å². The molecule has 1 aromatic carbocycles. The lowest BCUT2D eigenvalue weighted by atomic mass is 10.2. The minimum Gasteiger partial charge on any atom is -0.399 e. The summed E-state index contributed by atoms with van der Waals surface area (Å²) in [5, 5.41) is 2.64. The number of nitrogens with two attached hydrogens (primary N) is 1. The van der Waals surface area contributed by atoms with Crippen LogP contribution in [0.2, 0.25) is 0 Å². The highest BCUT2D eigenvalue weighted by atomic mass is 19.4. The van der Waals surface area contributed by atoms with Gasteiger partial charge in [-0.1, -0.05) is 6.07 Å². The van der Waals surface area contributed by atoms with Crippen LogP contribution >= 0.6 is 0 Å². The van der Waals surface area contributed by atoms with Gasteiger partial charge >= 0.3 is 6.18 Å². The summed E-state index contributed by atoms with van der Waals surface area (Å²) in [6.45, 7) is -0.249. The van der Waals surface area contributed by atoms with Crippen LogP contribution in [0.25, 0.3) is 0 Å². The molecule has 20 heavy (non-hydrogen) atoms. The molecule has 7 heteroatoms. The van der Waals surface area contributed by atoms with Crippen LogP contribution in [0.15, 0.2) is 24.3 Å². The van der Waals surface area contributed by atoms with Crippen molar-refractivity contribution >= 4 is 17.3 Å². The number of nitrogens with one attached hydrogen (secondary N) is 1. The SMILES string of the molecule is Nc1cccc(NC(=O)CCCOCCC(F)(F)F)c1. The number of alkyl halides is 3. The molecule has 0 spiro atoms. The van der Waals surface area contributed by atoms with Crippen LogP contribution < -0.4 is 11.1 Å². The summed E-state index contributed by atoms with van der Waals surface area (Å²) < 4.78 is 40.3. The molecule has 0 aliphatic rings. The minimum atomic E-state index is -4.20. The molecule has 0 aliphatic carbocycles. The van der Waals surface area contributed by atoms with Gasteiger partial charge in [-0.3, -0.25) is 4.79 Å². The van der Waals surface area contributed by atoms with E-state index in [9.17, 15) is 18.0 Å². The molecule has 1 rings (SSSR count). The van der Waals surface area contributed by atoms with Gasteiger partial charge in [0.25, 0.3) is 0 Å². The Hall–Kier alpha value is -1.76. The number of amides is 1. The van der Waals surface area contributed by atoms with Crippen molar-refractivity contribution in [3.05, 3.63) is 24.3 Å². The molecule has 0 aromatic heterocycles. The molecule has 0 saturated carbocycles. The summed E-state index contributed by atoms with van der Waals surface area (Å²) in [5.74, 6) is -0.227. The van der Waals surface area contributed by atoms with E-state index in [1.54, 1.807) is 24.3 Å². The van der Waals surface area contributed by atoms with E-state index < -0.39 is 12.6 Å². The van der Waals surface area contributed by atoms with Crippen molar-refractivity contribution in [3.8, 4) is 0 Å². The normalized spacial score (nSPS) is 11.3. The second-order valence-electron chi connectivity index (χ2n) is 4.25. The standard InChI is InChI=1S/C13H17F3N2O2/c14-13(15,16)6-8-20-7-2-5-12(19)18-11-4-1-3-10(17)9-11/h1,3-4,9H,2,5-8,17H2,(H,18,19). The Morgan fingerprint density at radius 1 is 1.30 bits per heavy atom. The first-order valence-corrected chi connectivity index (χ1v) is 6.17. The lowest BCUT2D eigenvalue weighted by Gasteiger charge is -2.08. The third kappa shape index (κ3) is 7.63. The third-order valence-electron chi connectivity index (χ3n) is 2.39. The van der Waals surface area contributed by atoms with Crippen LogP contribution in [-0.2, 0) is 9.53 Å². The number of rotatable bonds is 7. The lowest BCUT2D eigenvalue weighted by molar-refractivity contribution is -0.145. The largest absolute Gasteiger partial charge is 0.399 e. The molecule has 0 aliphatic heterocycles. The molecule has 3 N–H and O–H groups in total. The first-order chi connectivity index (χ1) is 9.37. The summed E-state index contributed by atoms with van der Waals surface area (Å²) in [7, 11) is 0.